The Labute approximate surface area is 651 Å². The maximum atomic E-state index is 5.84. The first-order valence-electron chi connectivity index (χ1n) is 38.5. The molecular formula is C102H62N12. The Balaban J connectivity index is 0.655. The van der Waals surface area contributed by atoms with Gasteiger partial charge >= 0.3 is 0 Å². The molecule has 0 saturated carbocycles. The van der Waals surface area contributed by atoms with Gasteiger partial charge in [0.05, 0.1) is 66.2 Å². The third kappa shape index (κ3) is 9.52. The summed E-state index contributed by atoms with van der Waals surface area (Å²) >= 11 is 0. The van der Waals surface area contributed by atoms with Crippen molar-refractivity contribution < 1.29 is 0 Å². The second kappa shape index (κ2) is 24.9. The number of benzene rings is 16. The summed E-state index contributed by atoms with van der Waals surface area (Å²) in [6.45, 7) is 0. The van der Waals surface area contributed by atoms with E-state index in [0.717, 1.165) is 187 Å². The second-order valence-corrected chi connectivity index (χ2v) is 29.3. The Morgan fingerprint density at radius 2 is 0.430 bits per heavy atom. The van der Waals surface area contributed by atoms with Crippen molar-refractivity contribution in [3.8, 4) is 91.3 Å². The molecule has 0 N–H and O–H groups in total. The highest BCUT2D eigenvalue weighted by molar-refractivity contribution is 6.28. The molecule has 0 atom stereocenters. The van der Waals surface area contributed by atoms with Crippen LogP contribution in [0.2, 0.25) is 0 Å². The molecule has 24 aromatic rings. The van der Waals surface area contributed by atoms with Crippen molar-refractivity contribution in [1.29, 1.82) is 0 Å². The van der Waals surface area contributed by atoms with Gasteiger partial charge in [-0.15, -0.1) is 0 Å². The van der Waals surface area contributed by atoms with E-state index in [0.29, 0.717) is 35.3 Å². The number of para-hydroxylation sites is 9. The fourth-order valence-corrected chi connectivity index (χ4v) is 18.2. The summed E-state index contributed by atoms with van der Waals surface area (Å²) in [6.07, 6.45) is 0. The van der Waals surface area contributed by atoms with E-state index in [2.05, 4.69) is 385 Å². The molecule has 24 rings (SSSR count). The third-order valence-electron chi connectivity index (χ3n) is 23.1. The smallest absolute Gasteiger partial charge is 0.240 e. The van der Waals surface area contributed by atoms with Crippen LogP contribution >= 0.6 is 0 Å². The lowest BCUT2D eigenvalue weighted by atomic mass is 9.98. The van der Waals surface area contributed by atoms with E-state index < -0.39 is 0 Å². The zero-order chi connectivity index (χ0) is 74.6. The van der Waals surface area contributed by atoms with Gasteiger partial charge in [0.2, 0.25) is 17.8 Å². The monoisotopic (exact) mass is 1450 g/mol. The molecular weight excluding hydrogens is 1390 g/mol. The fraction of sp³-hybridized carbons (Fsp3) is 0. The fourth-order valence-electron chi connectivity index (χ4n) is 18.2. The maximum absolute atomic E-state index is 5.84. The predicted octanol–water partition coefficient (Wildman–Crippen LogP) is 25.0. The minimum Gasteiger partial charge on any atom is -0.309 e. The number of aromatic nitrogens is 12. The Morgan fingerprint density at radius 1 is 0.149 bits per heavy atom. The van der Waals surface area contributed by atoms with Gasteiger partial charge in [0.1, 0.15) is 0 Å². The number of fused-ring (bicyclic) bond motifs is 21. The minimum absolute atomic E-state index is 0.491. The SMILES string of the molecule is c1ccc(-c2nc(-c3cccc(-c4ccc(-c5ccc(-c6nc(-n7c8ccccc8c8ccc9c%10ccccc%10n(-c%10ccccc%10)c9c87)nc(-n7c8ccccc8c8ccc9c%10ccccc%10n(-c%10ccccc%10)c9c87)n6)cc5)cc4)c3)nc(-n3c4ccccc4c4ccc5c(c6ccccc6n5-c5ccccc5)c43)n2)cc1. The molecule has 12 heteroatoms. The van der Waals surface area contributed by atoms with Crippen LogP contribution in [0.25, 0.3) is 222 Å². The predicted molar refractivity (Wildman–Crippen MR) is 466 cm³/mol. The van der Waals surface area contributed by atoms with Crippen LogP contribution in [0.4, 0.5) is 0 Å². The van der Waals surface area contributed by atoms with Crippen molar-refractivity contribution >= 4 is 131 Å². The first-order chi connectivity index (χ1) is 56.6. The molecule has 530 valence electrons. The van der Waals surface area contributed by atoms with Crippen LogP contribution in [0.1, 0.15) is 0 Å². The summed E-state index contributed by atoms with van der Waals surface area (Å²) in [4.78, 5) is 33.5. The standard InChI is InChI=1S/C102H62N12/c1-5-26-66(27-6-1)97-103-99(107-100(104-97)112-86-44-21-15-36-73(86)78-60-61-90-91(92(78)112)83-41-18-24-47-89(83)109(90)70-30-7-2-8-31-70)69-29-25-28-68(62-69)65-50-48-63(49-51-65)64-52-54-67(55-53-64)98-105-101(113-87-45-22-16-39-76(87)81-58-56-79-74-37-13-19-42-84(74)110(93(79)95(81)113)71-32-9-3-10-33-71)108-102(106-98)114-88-46-23-17-40-77(88)82-59-57-80-75-38-14-20-43-85(75)111(94(80)96(82)114)72-34-11-4-12-35-72/h1-62H. The quantitative estimate of drug-likeness (QED) is 0.128. The van der Waals surface area contributed by atoms with E-state index in [4.69, 9.17) is 29.9 Å². The Kier molecular flexibility index (Phi) is 13.8. The van der Waals surface area contributed by atoms with E-state index in [-0.39, 0.29) is 0 Å². The van der Waals surface area contributed by atoms with Gasteiger partial charge in [-0.3, -0.25) is 13.7 Å². The minimum atomic E-state index is 0.491. The molecule has 0 aliphatic heterocycles. The average Bonchev–Trinajstić information content (AvgIpc) is 1.55. The molecule has 0 amide bonds. The molecule has 0 fully saturated rings. The highest BCUT2D eigenvalue weighted by Gasteiger charge is 2.29. The van der Waals surface area contributed by atoms with Crippen molar-refractivity contribution in [1.82, 2.24) is 57.3 Å². The van der Waals surface area contributed by atoms with Gasteiger partial charge in [0.25, 0.3) is 0 Å². The number of nitrogens with zero attached hydrogens (tertiary/aromatic N) is 12. The second-order valence-electron chi connectivity index (χ2n) is 29.3. The summed E-state index contributed by atoms with van der Waals surface area (Å²) in [5.74, 6) is 3.20. The zero-order valence-corrected chi connectivity index (χ0v) is 61.2. The molecule has 8 heterocycles. The summed E-state index contributed by atoms with van der Waals surface area (Å²) in [5.41, 5.74) is 22.6. The van der Waals surface area contributed by atoms with Crippen LogP contribution in [0.3, 0.4) is 0 Å². The van der Waals surface area contributed by atoms with Crippen LogP contribution in [-0.4, -0.2) is 57.3 Å². The number of hydrogen-bond acceptors (Lipinski definition) is 6. The first kappa shape index (κ1) is 63.3. The molecule has 0 radical (unpaired) electrons. The third-order valence-corrected chi connectivity index (χ3v) is 23.1. The Morgan fingerprint density at radius 3 is 0.877 bits per heavy atom. The molecule has 0 spiro atoms. The number of rotatable bonds is 11. The van der Waals surface area contributed by atoms with Crippen LogP contribution < -0.4 is 0 Å². The Bertz CT molecular complexity index is 7820. The molecule has 0 aliphatic rings. The summed E-state index contributed by atoms with van der Waals surface area (Å²) in [6, 6.07) is 134. The average molecular weight is 1460 g/mol. The molecule has 0 unspecified atom stereocenters. The molecule has 114 heavy (non-hydrogen) atoms. The van der Waals surface area contributed by atoms with E-state index >= 15 is 0 Å². The van der Waals surface area contributed by atoms with Crippen LogP contribution in [0, 0.1) is 0 Å². The van der Waals surface area contributed by atoms with E-state index in [9.17, 15) is 0 Å². The largest absolute Gasteiger partial charge is 0.309 e. The van der Waals surface area contributed by atoms with E-state index in [1.165, 1.54) is 0 Å². The normalized spacial score (nSPS) is 12.0. The molecule has 8 aromatic heterocycles. The molecule has 12 nitrogen and oxygen atoms in total. The van der Waals surface area contributed by atoms with Crippen LogP contribution in [0.15, 0.2) is 376 Å². The topological polar surface area (TPSA) is 107 Å². The van der Waals surface area contributed by atoms with Crippen molar-refractivity contribution in [2.24, 2.45) is 0 Å². The van der Waals surface area contributed by atoms with Crippen molar-refractivity contribution in [2.45, 2.75) is 0 Å². The van der Waals surface area contributed by atoms with Crippen molar-refractivity contribution in [3.63, 3.8) is 0 Å². The van der Waals surface area contributed by atoms with Gasteiger partial charge in [0.15, 0.2) is 17.5 Å². The summed E-state index contributed by atoms with van der Waals surface area (Å²) in [5, 5.41) is 13.4. The first-order valence-corrected chi connectivity index (χ1v) is 38.5. The lowest BCUT2D eigenvalue weighted by Gasteiger charge is -2.15. The van der Waals surface area contributed by atoms with E-state index in [1.54, 1.807) is 0 Å². The lowest BCUT2D eigenvalue weighted by molar-refractivity contribution is 0.893. The maximum Gasteiger partial charge on any atom is 0.240 e. The van der Waals surface area contributed by atoms with Gasteiger partial charge in [-0.2, -0.15) is 24.9 Å². The Hall–Kier alpha value is -15.7. The van der Waals surface area contributed by atoms with Crippen molar-refractivity contribution in [3.05, 3.63) is 376 Å². The van der Waals surface area contributed by atoms with Gasteiger partial charge in [-0.1, -0.05) is 291 Å². The van der Waals surface area contributed by atoms with Gasteiger partial charge in [-0.25, -0.2) is 4.98 Å². The van der Waals surface area contributed by atoms with Gasteiger partial charge in [0, 0.05) is 98.4 Å². The molecule has 0 saturated heterocycles. The van der Waals surface area contributed by atoms with Gasteiger partial charge < -0.3 is 13.7 Å². The highest BCUT2D eigenvalue weighted by Crippen LogP contribution is 2.47. The number of hydrogen-bond donors (Lipinski definition) is 0. The van der Waals surface area contributed by atoms with Crippen molar-refractivity contribution in [2.75, 3.05) is 0 Å². The molecule has 0 aliphatic carbocycles. The van der Waals surface area contributed by atoms with Crippen LogP contribution in [-0.2, 0) is 0 Å². The summed E-state index contributed by atoms with van der Waals surface area (Å²) in [7, 11) is 0. The van der Waals surface area contributed by atoms with Gasteiger partial charge in [-0.05, 0) is 107 Å². The van der Waals surface area contributed by atoms with Crippen LogP contribution in [0.5, 0.6) is 0 Å². The lowest BCUT2D eigenvalue weighted by Crippen LogP contribution is -2.11. The highest BCUT2D eigenvalue weighted by atomic mass is 15.3. The zero-order valence-electron chi connectivity index (χ0n) is 61.2. The summed E-state index contributed by atoms with van der Waals surface area (Å²) < 4.78 is 14.0. The molecule has 0 bridgehead atoms. The molecule has 16 aromatic carbocycles. The van der Waals surface area contributed by atoms with E-state index in [1.807, 2.05) is 18.2 Å².